The van der Waals surface area contributed by atoms with Gasteiger partial charge in [-0.05, 0) is 38.5 Å². The lowest BCUT2D eigenvalue weighted by atomic mass is 10.0. The SMILES string of the molecule is CCOC(=O)c1c(NC(=O)CSc2ccc(C)cc2)sc2c1CC[NH+](CC)C2. The van der Waals surface area contributed by atoms with E-state index >= 15 is 0 Å². The van der Waals surface area contributed by atoms with Crippen molar-refractivity contribution in [1.29, 1.82) is 0 Å². The molecule has 7 heteroatoms. The van der Waals surface area contributed by atoms with Crippen molar-refractivity contribution in [3.8, 4) is 0 Å². The van der Waals surface area contributed by atoms with Crippen LogP contribution in [0.4, 0.5) is 5.00 Å². The predicted molar refractivity (Wildman–Crippen MR) is 115 cm³/mol. The molecule has 0 saturated heterocycles. The molecule has 0 spiro atoms. The third kappa shape index (κ3) is 4.96. The Balaban J connectivity index is 1.74. The first-order chi connectivity index (χ1) is 13.5. The molecule has 1 atom stereocenters. The first-order valence-corrected chi connectivity index (χ1v) is 11.5. The summed E-state index contributed by atoms with van der Waals surface area (Å²) in [6.07, 6.45) is 0.844. The normalized spacial score (nSPS) is 15.8. The number of carbonyl (C=O) groups excluding carboxylic acids is 2. The van der Waals surface area contributed by atoms with Gasteiger partial charge in [0, 0.05) is 11.3 Å². The molecule has 150 valence electrons. The van der Waals surface area contributed by atoms with Crippen molar-refractivity contribution in [3.05, 3.63) is 45.8 Å². The van der Waals surface area contributed by atoms with E-state index in [-0.39, 0.29) is 11.9 Å². The predicted octanol–water partition coefficient (Wildman–Crippen LogP) is 2.92. The fourth-order valence-electron chi connectivity index (χ4n) is 3.29. The number of ether oxygens (including phenoxy) is 1. The summed E-state index contributed by atoms with van der Waals surface area (Å²) in [5, 5.41) is 3.60. The van der Waals surface area contributed by atoms with Crippen LogP contribution in [-0.4, -0.2) is 37.3 Å². The van der Waals surface area contributed by atoms with E-state index in [2.05, 4.69) is 12.2 Å². The molecule has 1 amide bonds. The number of benzene rings is 1. The monoisotopic (exact) mass is 419 g/mol. The van der Waals surface area contributed by atoms with E-state index in [0.717, 1.165) is 36.5 Å². The van der Waals surface area contributed by atoms with Gasteiger partial charge in [-0.2, -0.15) is 0 Å². The van der Waals surface area contributed by atoms with Gasteiger partial charge in [0.2, 0.25) is 5.91 Å². The van der Waals surface area contributed by atoms with Gasteiger partial charge in [-0.1, -0.05) is 17.7 Å². The number of amides is 1. The second-order valence-corrected chi connectivity index (χ2v) is 9.01. The number of fused-ring (bicyclic) bond motifs is 1. The topological polar surface area (TPSA) is 59.8 Å². The summed E-state index contributed by atoms with van der Waals surface area (Å²) in [5.74, 6) is -0.129. The molecule has 0 fully saturated rings. The number of quaternary nitrogens is 1. The molecule has 1 aliphatic heterocycles. The molecule has 1 aromatic carbocycles. The molecular formula is C21H27N2O3S2+. The minimum atomic E-state index is -0.332. The molecular weight excluding hydrogens is 392 g/mol. The van der Waals surface area contributed by atoms with Crippen LogP contribution in [-0.2, 0) is 22.5 Å². The second kappa shape index (κ2) is 9.58. The summed E-state index contributed by atoms with van der Waals surface area (Å²) in [5.41, 5.74) is 2.81. The minimum absolute atomic E-state index is 0.102. The Morgan fingerprint density at radius 2 is 2.00 bits per heavy atom. The van der Waals surface area contributed by atoms with E-state index in [1.807, 2.05) is 31.2 Å². The first kappa shape index (κ1) is 20.9. The molecule has 0 aliphatic carbocycles. The van der Waals surface area contributed by atoms with E-state index in [0.29, 0.717) is 22.9 Å². The van der Waals surface area contributed by atoms with Gasteiger partial charge < -0.3 is 15.0 Å². The zero-order chi connectivity index (χ0) is 20.1. The van der Waals surface area contributed by atoms with Crippen LogP contribution >= 0.6 is 23.1 Å². The molecule has 0 bridgehead atoms. The number of thioether (sulfide) groups is 1. The van der Waals surface area contributed by atoms with E-state index < -0.39 is 0 Å². The summed E-state index contributed by atoms with van der Waals surface area (Å²) in [7, 11) is 0. The third-order valence-corrected chi connectivity index (χ3v) is 7.01. The van der Waals surface area contributed by atoms with Crippen LogP contribution in [0.3, 0.4) is 0 Å². The van der Waals surface area contributed by atoms with E-state index in [9.17, 15) is 9.59 Å². The van der Waals surface area contributed by atoms with Crippen LogP contribution in [0.25, 0.3) is 0 Å². The van der Waals surface area contributed by atoms with E-state index in [1.54, 1.807) is 6.92 Å². The Labute approximate surface area is 174 Å². The number of aryl methyl sites for hydroxylation is 1. The quantitative estimate of drug-likeness (QED) is 0.535. The van der Waals surface area contributed by atoms with Gasteiger partial charge >= 0.3 is 5.97 Å². The fourth-order valence-corrected chi connectivity index (χ4v) is 5.31. The summed E-state index contributed by atoms with van der Waals surface area (Å²) >= 11 is 3.02. The Morgan fingerprint density at radius 3 is 2.68 bits per heavy atom. The van der Waals surface area contributed by atoms with Crippen LogP contribution in [0, 0.1) is 6.92 Å². The summed E-state index contributed by atoms with van der Waals surface area (Å²) in [6, 6.07) is 8.11. The Morgan fingerprint density at radius 1 is 1.25 bits per heavy atom. The highest BCUT2D eigenvalue weighted by Gasteiger charge is 2.30. The zero-order valence-electron chi connectivity index (χ0n) is 16.6. The van der Waals surface area contributed by atoms with Crippen LogP contribution in [0.2, 0.25) is 0 Å². The molecule has 3 rings (SSSR count). The number of hydrogen-bond acceptors (Lipinski definition) is 5. The molecule has 0 radical (unpaired) electrons. The van der Waals surface area contributed by atoms with Crippen molar-refractivity contribution in [1.82, 2.24) is 0 Å². The Kier molecular flexibility index (Phi) is 7.15. The highest BCUT2D eigenvalue weighted by atomic mass is 32.2. The van der Waals surface area contributed by atoms with Gasteiger partial charge in [0.1, 0.15) is 11.5 Å². The van der Waals surface area contributed by atoms with Crippen LogP contribution < -0.4 is 10.2 Å². The first-order valence-electron chi connectivity index (χ1n) is 9.66. The molecule has 2 aromatic rings. The smallest absolute Gasteiger partial charge is 0.341 e. The summed E-state index contributed by atoms with van der Waals surface area (Å²) in [4.78, 5) is 28.8. The number of anilines is 1. The average Bonchev–Trinajstić information content (AvgIpc) is 3.04. The molecule has 0 saturated carbocycles. The van der Waals surface area contributed by atoms with Crippen molar-refractivity contribution < 1.29 is 19.2 Å². The molecule has 2 heterocycles. The molecule has 1 aromatic heterocycles. The Bertz CT molecular complexity index is 846. The van der Waals surface area contributed by atoms with Crippen molar-refractivity contribution in [2.75, 3.05) is 30.8 Å². The zero-order valence-corrected chi connectivity index (χ0v) is 18.2. The number of likely N-dealkylation sites (N-methyl/N-ethyl adjacent to an activating group) is 1. The maximum Gasteiger partial charge on any atom is 0.341 e. The highest BCUT2D eigenvalue weighted by molar-refractivity contribution is 8.00. The number of thiophene rings is 1. The maximum atomic E-state index is 12.6. The number of esters is 1. The van der Waals surface area contributed by atoms with Crippen molar-refractivity contribution in [3.63, 3.8) is 0 Å². The minimum Gasteiger partial charge on any atom is -0.462 e. The maximum absolute atomic E-state index is 12.6. The van der Waals surface area contributed by atoms with E-state index in [1.165, 1.54) is 38.4 Å². The third-order valence-electron chi connectivity index (χ3n) is 4.85. The average molecular weight is 420 g/mol. The van der Waals surface area contributed by atoms with Gasteiger partial charge in [0.05, 0.1) is 35.9 Å². The van der Waals surface area contributed by atoms with Crippen molar-refractivity contribution >= 4 is 40.0 Å². The number of rotatable bonds is 7. The van der Waals surface area contributed by atoms with Crippen molar-refractivity contribution in [2.45, 2.75) is 38.6 Å². The largest absolute Gasteiger partial charge is 0.462 e. The molecule has 1 unspecified atom stereocenters. The standard InChI is InChI=1S/C21H26N2O3S2/c1-4-23-11-10-16-17(12-23)28-20(19(16)21(25)26-5-2)22-18(24)13-27-15-8-6-14(3)7-9-15/h6-9H,4-5,10-13H2,1-3H3,(H,22,24)/p+1. The van der Waals surface area contributed by atoms with Crippen LogP contribution in [0.1, 0.15) is 40.2 Å². The van der Waals surface area contributed by atoms with E-state index in [4.69, 9.17) is 4.74 Å². The molecule has 5 nitrogen and oxygen atoms in total. The Hall–Kier alpha value is -1.83. The van der Waals surface area contributed by atoms with Gasteiger partial charge in [0.15, 0.2) is 0 Å². The molecule has 1 aliphatic rings. The fraction of sp³-hybridized carbons (Fsp3) is 0.429. The molecule has 28 heavy (non-hydrogen) atoms. The lowest BCUT2D eigenvalue weighted by Gasteiger charge is -2.22. The number of carbonyl (C=O) groups is 2. The van der Waals surface area contributed by atoms with Crippen molar-refractivity contribution in [2.24, 2.45) is 0 Å². The highest BCUT2D eigenvalue weighted by Crippen LogP contribution is 2.35. The van der Waals surface area contributed by atoms with Crippen LogP contribution in [0.15, 0.2) is 29.2 Å². The van der Waals surface area contributed by atoms with Gasteiger partial charge in [-0.3, -0.25) is 4.79 Å². The summed E-state index contributed by atoms with van der Waals surface area (Å²) < 4.78 is 5.27. The van der Waals surface area contributed by atoms with Gasteiger partial charge in [0.25, 0.3) is 0 Å². The number of hydrogen-bond donors (Lipinski definition) is 2. The molecule has 2 N–H and O–H groups in total. The summed E-state index contributed by atoms with van der Waals surface area (Å²) in [6.45, 7) is 9.30. The number of nitrogens with one attached hydrogen (secondary N) is 2. The lowest BCUT2D eigenvalue weighted by molar-refractivity contribution is -0.913. The van der Waals surface area contributed by atoms with Gasteiger partial charge in [-0.15, -0.1) is 23.1 Å². The van der Waals surface area contributed by atoms with Gasteiger partial charge in [-0.25, -0.2) is 4.79 Å². The second-order valence-electron chi connectivity index (χ2n) is 6.86. The van der Waals surface area contributed by atoms with Crippen LogP contribution in [0.5, 0.6) is 0 Å². The lowest BCUT2D eigenvalue weighted by Crippen LogP contribution is -3.11.